The van der Waals surface area contributed by atoms with E-state index in [2.05, 4.69) is 20.0 Å². The molecule has 6 heteroatoms. The van der Waals surface area contributed by atoms with E-state index in [-0.39, 0.29) is 6.10 Å². The van der Waals surface area contributed by atoms with Crippen molar-refractivity contribution < 1.29 is 5.11 Å². The van der Waals surface area contributed by atoms with Gasteiger partial charge in [-0.15, -0.1) is 21.5 Å². The lowest BCUT2D eigenvalue weighted by Gasteiger charge is -2.25. The molecule has 2 fully saturated rings. The molecule has 2 aliphatic heterocycles. The minimum absolute atomic E-state index is 0.211. The van der Waals surface area contributed by atoms with Crippen molar-refractivity contribution in [1.29, 1.82) is 0 Å². The number of rotatable bonds is 3. The van der Waals surface area contributed by atoms with Crippen molar-refractivity contribution in [2.24, 2.45) is 0 Å². The summed E-state index contributed by atoms with van der Waals surface area (Å²) in [4.78, 5) is 4.74. The first-order chi connectivity index (χ1) is 8.72. The molecule has 3 heterocycles. The topological polar surface area (TPSA) is 52.5 Å². The number of aromatic nitrogens is 2. The van der Waals surface area contributed by atoms with Crippen LogP contribution in [-0.2, 0) is 6.54 Å². The summed E-state index contributed by atoms with van der Waals surface area (Å²) in [5, 5.41) is 20.5. The summed E-state index contributed by atoms with van der Waals surface area (Å²) in [7, 11) is 0. The van der Waals surface area contributed by atoms with E-state index in [4.69, 9.17) is 0 Å². The zero-order valence-electron chi connectivity index (χ0n) is 10.7. The van der Waals surface area contributed by atoms with Crippen molar-refractivity contribution >= 4 is 11.3 Å². The molecule has 2 aliphatic rings. The van der Waals surface area contributed by atoms with Crippen LogP contribution < -0.4 is 0 Å². The van der Waals surface area contributed by atoms with Crippen molar-refractivity contribution in [2.75, 3.05) is 26.2 Å². The molecule has 1 aromatic rings. The maximum atomic E-state index is 10.2. The van der Waals surface area contributed by atoms with Crippen molar-refractivity contribution in [3.05, 3.63) is 10.0 Å². The van der Waals surface area contributed by atoms with E-state index in [0.29, 0.717) is 6.04 Å². The predicted molar refractivity (Wildman–Crippen MR) is 70.5 cm³/mol. The molecule has 18 heavy (non-hydrogen) atoms. The fraction of sp³-hybridized carbons (Fsp3) is 0.833. The van der Waals surface area contributed by atoms with Gasteiger partial charge in [-0.3, -0.25) is 9.80 Å². The zero-order valence-corrected chi connectivity index (χ0v) is 11.6. The molecule has 0 spiro atoms. The Labute approximate surface area is 111 Å². The molecular weight excluding hydrogens is 248 g/mol. The molecule has 0 amide bonds. The molecule has 3 rings (SSSR count). The van der Waals surface area contributed by atoms with Crippen molar-refractivity contribution in [2.45, 2.75) is 38.5 Å². The summed E-state index contributed by atoms with van der Waals surface area (Å²) >= 11 is 1.65. The highest BCUT2D eigenvalue weighted by Gasteiger charge is 2.36. The van der Waals surface area contributed by atoms with Crippen molar-refractivity contribution in [1.82, 2.24) is 20.0 Å². The first-order valence-electron chi connectivity index (χ1n) is 6.66. The fourth-order valence-corrected chi connectivity index (χ4v) is 3.75. The number of hydrogen-bond acceptors (Lipinski definition) is 6. The first kappa shape index (κ1) is 12.5. The highest BCUT2D eigenvalue weighted by Crippen LogP contribution is 2.22. The van der Waals surface area contributed by atoms with Gasteiger partial charge in [-0.2, -0.15) is 0 Å². The maximum Gasteiger partial charge on any atom is 0.131 e. The quantitative estimate of drug-likeness (QED) is 0.864. The van der Waals surface area contributed by atoms with E-state index >= 15 is 0 Å². The Balaban J connectivity index is 1.59. The molecule has 0 unspecified atom stereocenters. The number of aliphatic hydroxyl groups excluding tert-OH is 1. The van der Waals surface area contributed by atoms with Crippen LogP contribution in [0.25, 0.3) is 0 Å². The lowest BCUT2D eigenvalue weighted by Crippen LogP contribution is -2.41. The Hall–Kier alpha value is -0.560. The third kappa shape index (κ3) is 2.56. The van der Waals surface area contributed by atoms with Crippen LogP contribution in [0.1, 0.15) is 22.9 Å². The van der Waals surface area contributed by atoms with Crippen LogP contribution >= 0.6 is 11.3 Å². The van der Waals surface area contributed by atoms with Crippen LogP contribution in [0.15, 0.2) is 0 Å². The summed E-state index contributed by atoms with van der Waals surface area (Å²) < 4.78 is 0. The SMILES string of the molecule is Cc1nnc(CN2C[C@H](O)[C@@H](N3CCCC3)C2)s1. The lowest BCUT2D eigenvalue weighted by molar-refractivity contribution is 0.0978. The highest BCUT2D eigenvalue weighted by molar-refractivity contribution is 7.11. The molecule has 0 aromatic carbocycles. The number of aliphatic hydroxyl groups is 1. The largest absolute Gasteiger partial charge is 0.390 e. The zero-order chi connectivity index (χ0) is 12.5. The van der Waals surface area contributed by atoms with E-state index < -0.39 is 0 Å². The Bertz CT molecular complexity index is 405. The van der Waals surface area contributed by atoms with Crippen molar-refractivity contribution in [3.63, 3.8) is 0 Å². The molecular formula is C12H20N4OS. The summed E-state index contributed by atoms with van der Waals surface area (Å²) in [5.41, 5.74) is 0. The minimum atomic E-state index is -0.211. The van der Waals surface area contributed by atoms with Gasteiger partial charge in [0.05, 0.1) is 12.6 Å². The van der Waals surface area contributed by atoms with Crippen LogP contribution in [-0.4, -0.2) is 63.4 Å². The summed E-state index contributed by atoms with van der Waals surface area (Å²) in [6, 6.07) is 0.321. The smallest absolute Gasteiger partial charge is 0.131 e. The standard InChI is InChI=1S/C12H20N4OS/c1-9-13-14-12(18-9)8-15-6-10(11(17)7-15)16-4-2-3-5-16/h10-11,17H,2-8H2,1H3/t10-,11-/m0/s1. The molecule has 0 radical (unpaired) electrons. The average molecular weight is 268 g/mol. The van der Waals surface area contributed by atoms with E-state index in [0.717, 1.165) is 42.7 Å². The van der Waals surface area contributed by atoms with Crippen LogP contribution in [0.2, 0.25) is 0 Å². The number of β-amino-alcohol motifs (C(OH)–C–C–N with tert-alkyl or cyclic N) is 1. The van der Waals surface area contributed by atoms with Gasteiger partial charge in [0.25, 0.3) is 0 Å². The number of likely N-dealkylation sites (tertiary alicyclic amines) is 2. The Kier molecular flexibility index (Phi) is 3.61. The number of hydrogen-bond donors (Lipinski definition) is 1. The Morgan fingerprint density at radius 3 is 2.72 bits per heavy atom. The van der Waals surface area contributed by atoms with Gasteiger partial charge in [0.2, 0.25) is 0 Å². The third-order valence-electron chi connectivity index (χ3n) is 3.87. The summed E-state index contributed by atoms with van der Waals surface area (Å²) in [6.07, 6.45) is 2.34. The molecule has 2 atom stereocenters. The molecule has 1 aromatic heterocycles. The normalized spacial score (nSPS) is 30.3. The minimum Gasteiger partial charge on any atom is -0.390 e. The number of aryl methyl sites for hydroxylation is 1. The summed E-state index contributed by atoms with van der Waals surface area (Å²) in [6.45, 7) is 6.82. The van der Waals surface area contributed by atoms with Crippen molar-refractivity contribution in [3.8, 4) is 0 Å². The second-order valence-corrected chi connectivity index (χ2v) is 6.55. The van der Waals surface area contributed by atoms with Gasteiger partial charge >= 0.3 is 0 Å². The maximum absolute atomic E-state index is 10.2. The second-order valence-electron chi connectivity index (χ2n) is 5.29. The third-order valence-corrected chi connectivity index (χ3v) is 4.69. The van der Waals surface area contributed by atoms with Crippen LogP contribution in [0, 0.1) is 6.92 Å². The van der Waals surface area contributed by atoms with Gasteiger partial charge in [0.1, 0.15) is 10.0 Å². The highest BCUT2D eigenvalue weighted by atomic mass is 32.1. The lowest BCUT2D eigenvalue weighted by atomic mass is 10.2. The van der Waals surface area contributed by atoms with E-state index in [1.54, 1.807) is 11.3 Å². The second kappa shape index (κ2) is 5.21. The van der Waals surface area contributed by atoms with Gasteiger partial charge in [-0.05, 0) is 32.9 Å². The van der Waals surface area contributed by atoms with Gasteiger partial charge in [-0.25, -0.2) is 0 Å². The predicted octanol–water partition coefficient (Wildman–Crippen LogP) is 0.487. The monoisotopic (exact) mass is 268 g/mol. The van der Waals surface area contributed by atoms with E-state index in [1.807, 2.05) is 6.92 Å². The van der Waals surface area contributed by atoms with E-state index in [9.17, 15) is 5.11 Å². The van der Waals surface area contributed by atoms with E-state index in [1.165, 1.54) is 12.8 Å². The Morgan fingerprint density at radius 2 is 2.06 bits per heavy atom. The van der Waals surface area contributed by atoms with Crippen LogP contribution in [0.4, 0.5) is 0 Å². The molecule has 5 nitrogen and oxygen atoms in total. The molecule has 0 aliphatic carbocycles. The fourth-order valence-electron chi connectivity index (χ4n) is 3.00. The average Bonchev–Trinajstić information content (AvgIpc) is 3.01. The molecule has 1 N–H and O–H groups in total. The molecule has 2 saturated heterocycles. The molecule has 100 valence electrons. The molecule has 0 saturated carbocycles. The Morgan fingerprint density at radius 1 is 1.28 bits per heavy atom. The van der Waals surface area contributed by atoms with Gasteiger partial charge < -0.3 is 5.11 Å². The summed E-state index contributed by atoms with van der Waals surface area (Å²) in [5.74, 6) is 0. The van der Waals surface area contributed by atoms with Gasteiger partial charge in [0, 0.05) is 19.1 Å². The van der Waals surface area contributed by atoms with Crippen LogP contribution in [0.3, 0.4) is 0 Å². The van der Waals surface area contributed by atoms with Crippen LogP contribution in [0.5, 0.6) is 0 Å². The van der Waals surface area contributed by atoms with Gasteiger partial charge in [0.15, 0.2) is 0 Å². The molecule has 0 bridgehead atoms. The number of nitrogens with zero attached hydrogens (tertiary/aromatic N) is 4. The first-order valence-corrected chi connectivity index (χ1v) is 7.47. The van der Waals surface area contributed by atoms with Gasteiger partial charge in [-0.1, -0.05) is 0 Å².